The topological polar surface area (TPSA) is 81.2 Å². The molecule has 0 saturated heterocycles. The largest absolute Gasteiger partial charge is 0.291 e. The summed E-state index contributed by atoms with van der Waals surface area (Å²) < 4.78 is 3.47. The highest BCUT2D eigenvalue weighted by atomic mass is 16.1. The lowest BCUT2D eigenvalue weighted by Gasteiger charge is -2.28. The Morgan fingerprint density at radius 3 is 2.60 bits per heavy atom. The summed E-state index contributed by atoms with van der Waals surface area (Å²) in [7, 11) is 0. The molecular weight excluding hydrogens is 318 g/mol. The number of hydrogen-bond donors (Lipinski definition) is 0. The molecule has 4 rings (SSSR count). The molecule has 1 aliphatic rings. The Hall–Kier alpha value is -2.61. The molecule has 0 saturated carbocycles. The average molecular weight is 339 g/mol. The molecule has 0 fully saturated rings. The second kappa shape index (κ2) is 6.03. The van der Waals surface area contributed by atoms with Gasteiger partial charge < -0.3 is 0 Å². The number of aromatic nitrogens is 6. The third-order valence-electron chi connectivity index (χ3n) is 4.52. The van der Waals surface area contributed by atoms with Crippen molar-refractivity contribution >= 4 is 5.52 Å². The molecule has 8 nitrogen and oxygen atoms in total. The minimum absolute atomic E-state index is 0.0114. The number of imidazole rings is 1. The molecule has 0 aromatic carbocycles. The van der Waals surface area contributed by atoms with Crippen LogP contribution in [0.2, 0.25) is 0 Å². The van der Waals surface area contributed by atoms with Crippen LogP contribution in [-0.2, 0) is 19.6 Å². The highest BCUT2D eigenvalue weighted by Crippen LogP contribution is 2.16. The summed E-state index contributed by atoms with van der Waals surface area (Å²) in [5.41, 5.74) is 1.60. The lowest BCUT2D eigenvalue weighted by atomic mass is 10.2. The van der Waals surface area contributed by atoms with Crippen molar-refractivity contribution in [2.75, 3.05) is 6.54 Å². The van der Waals surface area contributed by atoms with Gasteiger partial charge in [-0.1, -0.05) is 13.8 Å². The van der Waals surface area contributed by atoms with Crippen molar-refractivity contribution in [3.05, 3.63) is 52.0 Å². The van der Waals surface area contributed by atoms with Crippen molar-refractivity contribution in [3.63, 3.8) is 0 Å². The van der Waals surface area contributed by atoms with Gasteiger partial charge in [0.1, 0.15) is 17.5 Å². The van der Waals surface area contributed by atoms with Crippen LogP contribution < -0.4 is 5.56 Å². The normalized spacial score (nSPS) is 15.0. The van der Waals surface area contributed by atoms with Crippen LogP contribution in [0.25, 0.3) is 5.52 Å². The number of rotatable bonds is 3. The molecule has 130 valence electrons. The van der Waals surface area contributed by atoms with Gasteiger partial charge >= 0.3 is 0 Å². The zero-order valence-corrected chi connectivity index (χ0v) is 14.7. The van der Waals surface area contributed by atoms with Crippen LogP contribution in [0.15, 0.2) is 23.4 Å². The first-order chi connectivity index (χ1) is 12.0. The van der Waals surface area contributed by atoms with Gasteiger partial charge in [-0.3, -0.25) is 14.3 Å². The maximum Gasteiger partial charge on any atom is 0.279 e. The predicted molar refractivity (Wildman–Crippen MR) is 92.2 cm³/mol. The molecule has 3 aromatic heterocycles. The molecule has 0 N–H and O–H groups in total. The SMILES string of the molecule is Cc1ncc(CN2CCn3c(nn4c(C(C)C)ncc4c3=O)C2)cn1. The van der Waals surface area contributed by atoms with Gasteiger partial charge in [-0.2, -0.15) is 5.10 Å². The van der Waals surface area contributed by atoms with Gasteiger partial charge in [-0.25, -0.2) is 19.5 Å². The molecule has 25 heavy (non-hydrogen) atoms. The molecule has 0 amide bonds. The van der Waals surface area contributed by atoms with Crippen molar-refractivity contribution < 1.29 is 0 Å². The van der Waals surface area contributed by atoms with Crippen LogP contribution >= 0.6 is 0 Å². The Kier molecular flexibility index (Phi) is 3.84. The number of nitrogens with zero attached hydrogens (tertiary/aromatic N) is 7. The van der Waals surface area contributed by atoms with Gasteiger partial charge in [0.2, 0.25) is 0 Å². The Bertz CT molecular complexity index is 971. The molecule has 3 aromatic rings. The summed E-state index contributed by atoms with van der Waals surface area (Å²) in [5, 5.41) is 4.71. The lowest BCUT2D eigenvalue weighted by Crippen LogP contribution is -2.40. The fourth-order valence-electron chi connectivity index (χ4n) is 3.19. The van der Waals surface area contributed by atoms with Crippen LogP contribution in [0.5, 0.6) is 0 Å². The number of hydrogen-bond acceptors (Lipinski definition) is 6. The summed E-state index contributed by atoms with van der Waals surface area (Å²) in [6.45, 7) is 8.77. The van der Waals surface area contributed by atoms with Gasteiger partial charge in [0.15, 0.2) is 5.52 Å². The second-order valence-corrected chi connectivity index (χ2v) is 6.79. The highest BCUT2D eigenvalue weighted by Gasteiger charge is 2.22. The molecule has 8 heteroatoms. The van der Waals surface area contributed by atoms with E-state index in [-0.39, 0.29) is 11.5 Å². The highest BCUT2D eigenvalue weighted by molar-refractivity contribution is 5.43. The molecule has 0 radical (unpaired) electrons. The molecule has 0 bridgehead atoms. The first-order valence-electron chi connectivity index (χ1n) is 8.50. The summed E-state index contributed by atoms with van der Waals surface area (Å²) >= 11 is 0. The Balaban J connectivity index is 1.66. The van der Waals surface area contributed by atoms with Crippen LogP contribution in [0.3, 0.4) is 0 Å². The molecule has 4 heterocycles. The second-order valence-electron chi connectivity index (χ2n) is 6.79. The van der Waals surface area contributed by atoms with E-state index in [1.54, 1.807) is 15.3 Å². The summed E-state index contributed by atoms with van der Waals surface area (Å²) in [6.07, 6.45) is 5.34. The first-order valence-corrected chi connectivity index (χ1v) is 8.50. The van der Waals surface area contributed by atoms with E-state index in [4.69, 9.17) is 5.10 Å². The van der Waals surface area contributed by atoms with Crippen molar-refractivity contribution in [1.29, 1.82) is 0 Å². The Morgan fingerprint density at radius 2 is 1.88 bits per heavy atom. The maximum absolute atomic E-state index is 12.7. The summed E-state index contributed by atoms with van der Waals surface area (Å²) in [4.78, 5) is 27.9. The van der Waals surface area contributed by atoms with E-state index in [1.807, 2.05) is 19.3 Å². The van der Waals surface area contributed by atoms with E-state index in [1.165, 1.54) is 0 Å². The standard InChI is InChI=1S/C17H21N7O/c1-11(2)16-20-8-14-17(25)23-5-4-22(10-15(23)21-24(14)16)9-13-6-18-12(3)19-7-13/h6-8,11H,4-5,9-10H2,1-3H3. The van der Waals surface area contributed by atoms with Crippen molar-refractivity contribution in [2.24, 2.45) is 0 Å². The smallest absolute Gasteiger partial charge is 0.279 e. The van der Waals surface area contributed by atoms with Crippen molar-refractivity contribution in [1.82, 2.24) is 34.0 Å². The van der Waals surface area contributed by atoms with Gasteiger partial charge in [-0.15, -0.1) is 0 Å². The number of aryl methyl sites for hydroxylation is 1. The zero-order valence-electron chi connectivity index (χ0n) is 14.7. The van der Waals surface area contributed by atoms with E-state index >= 15 is 0 Å². The monoisotopic (exact) mass is 339 g/mol. The third-order valence-corrected chi connectivity index (χ3v) is 4.52. The van der Waals surface area contributed by atoms with E-state index in [9.17, 15) is 4.79 Å². The third kappa shape index (κ3) is 2.82. The first kappa shape index (κ1) is 15.9. The molecule has 0 atom stereocenters. The van der Waals surface area contributed by atoms with Crippen LogP contribution in [0.1, 0.15) is 42.8 Å². The zero-order chi connectivity index (χ0) is 17.6. The molecule has 0 spiro atoms. The predicted octanol–water partition coefficient (Wildman–Crippen LogP) is 1.13. The summed E-state index contributed by atoms with van der Waals surface area (Å²) in [5.74, 6) is 2.57. The molecule has 0 unspecified atom stereocenters. The van der Waals surface area contributed by atoms with E-state index in [0.29, 0.717) is 18.6 Å². The van der Waals surface area contributed by atoms with E-state index in [0.717, 1.165) is 36.1 Å². The maximum atomic E-state index is 12.7. The Morgan fingerprint density at radius 1 is 1.12 bits per heavy atom. The lowest BCUT2D eigenvalue weighted by molar-refractivity contribution is 0.201. The minimum atomic E-state index is -0.0114. The van der Waals surface area contributed by atoms with Crippen LogP contribution in [0, 0.1) is 6.92 Å². The Labute approximate surface area is 145 Å². The fraction of sp³-hybridized carbons (Fsp3) is 0.471. The van der Waals surface area contributed by atoms with E-state index < -0.39 is 0 Å². The van der Waals surface area contributed by atoms with Gasteiger partial charge in [0.25, 0.3) is 5.56 Å². The van der Waals surface area contributed by atoms with Crippen molar-refractivity contribution in [3.8, 4) is 0 Å². The van der Waals surface area contributed by atoms with Crippen LogP contribution in [0.4, 0.5) is 0 Å². The van der Waals surface area contributed by atoms with Gasteiger partial charge in [0.05, 0.1) is 12.7 Å². The fourth-order valence-corrected chi connectivity index (χ4v) is 3.19. The molecule has 1 aliphatic heterocycles. The van der Waals surface area contributed by atoms with Crippen molar-refractivity contribution in [2.45, 2.75) is 46.3 Å². The van der Waals surface area contributed by atoms with Crippen LogP contribution in [-0.4, -0.2) is 40.6 Å². The molecule has 0 aliphatic carbocycles. The molecular formula is C17H21N7O. The van der Waals surface area contributed by atoms with Gasteiger partial charge in [0, 0.05) is 43.5 Å². The summed E-state index contributed by atoms with van der Waals surface area (Å²) in [6, 6.07) is 0. The average Bonchev–Trinajstić information content (AvgIpc) is 3.01. The quantitative estimate of drug-likeness (QED) is 0.711. The number of fused-ring (bicyclic) bond motifs is 2. The van der Waals surface area contributed by atoms with E-state index in [2.05, 4.69) is 33.7 Å². The minimum Gasteiger partial charge on any atom is -0.291 e. The van der Waals surface area contributed by atoms with Gasteiger partial charge in [-0.05, 0) is 6.92 Å².